The average molecular weight is 294 g/mol. The van der Waals surface area contributed by atoms with Gasteiger partial charge in [-0.15, -0.1) is 0 Å². The van der Waals surface area contributed by atoms with Gasteiger partial charge in [0.25, 0.3) is 6.47 Å². The predicted octanol–water partition coefficient (Wildman–Crippen LogP) is 4.10. The van der Waals surface area contributed by atoms with Crippen LogP contribution in [0.4, 0.5) is 0 Å². The molecule has 0 aliphatic carbocycles. The molecule has 118 valence electrons. The van der Waals surface area contributed by atoms with E-state index in [0.29, 0.717) is 6.42 Å². The highest BCUT2D eigenvalue weighted by Crippen LogP contribution is 2.06. The lowest BCUT2D eigenvalue weighted by Gasteiger charge is -2.10. The molecule has 1 rings (SSSR count). The van der Waals surface area contributed by atoms with Crippen LogP contribution in [0.15, 0.2) is 36.4 Å². The van der Waals surface area contributed by atoms with Crippen LogP contribution in [0.5, 0.6) is 0 Å². The molecule has 0 spiro atoms. The monoisotopic (exact) mass is 294 g/mol. The molecule has 0 aliphatic rings. The minimum absolute atomic E-state index is 0.277. The number of esters is 1. The van der Waals surface area contributed by atoms with Crippen molar-refractivity contribution in [1.29, 1.82) is 0 Å². The molecular formula is C17H26O4. The second kappa shape index (κ2) is 14.6. The molecule has 1 aromatic rings. The van der Waals surface area contributed by atoms with E-state index < -0.39 is 6.29 Å². The molecule has 1 unspecified atom stereocenters. The topological polar surface area (TPSA) is 52.6 Å². The van der Waals surface area contributed by atoms with Crippen molar-refractivity contribution < 1.29 is 19.1 Å². The van der Waals surface area contributed by atoms with Crippen LogP contribution in [0.2, 0.25) is 0 Å². The van der Waals surface area contributed by atoms with Crippen molar-refractivity contribution in [2.75, 3.05) is 0 Å². The Labute approximate surface area is 127 Å². The third-order valence-corrected chi connectivity index (χ3v) is 2.70. The fraction of sp³-hybridized carbons (Fsp3) is 0.529. The second-order valence-corrected chi connectivity index (χ2v) is 4.61. The Morgan fingerprint density at radius 1 is 1.00 bits per heavy atom. The molecule has 0 aliphatic heterocycles. The van der Waals surface area contributed by atoms with Crippen LogP contribution < -0.4 is 0 Å². The van der Waals surface area contributed by atoms with Gasteiger partial charge in [0.15, 0.2) is 0 Å². The van der Waals surface area contributed by atoms with Gasteiger partial charge in [-0.05, 0) is 6.42 Å². The summed E-state index contributed by atoms with van der Waals surface area (Å²) in [4.78, 5) is 21.1. The molecule has 1 aromatic carbocycles. The first-order chi connectivity index (χ1) is 10.2. The highest BCUT2D eigenvalue weighted by atomic mass is 16.7. The summed E-state index contributed by atoms with van der Waals surface area (Å²) in [5.41, 5.74) is 0. The Morgan fingerprint density at radius 2 is 1.52 bits per heavy atom. The number of hydrogen-bond acceptors (Lipinski definition) is 4. The van der Waals surface area contributed by atoms with E-state index >= 15 is 0 Å². The van der Waals surface area contributed by atoms with Gasteiger partial charge in [-0.2, -0.15) is 0 Å². The number of carbonyl (C=O) groups is 2. The van der Waals surface area contributed by atoms with Gasteiger partial charge < -0.3 is 9.47 Å². The molecule has 4 heteroatoms. The third-order valence-electron chi connectivity index (χ3n) is 2.70. The summed E-state index contributed by atoms with van der Waals surface area (Å²) in [6, 6.07) is 12.0. The molecule has 0 heterocycles. The van der Waals surface area contributed by atoms with Gasteiger partial charge in [0.2, 0.25) is 6.29 Å². The highest BCUT2D eigenvalue weighted by molar-refractivity contribution is 5.69. The fourth-order valence-electron chi connectivity index (χ4n) is 1.61. The van der Waals surface area contributed by atoms with Crippen molar-refractivity contribution in [2.45, 2.75) is 58.7 Å². The van der Waals surface area contributed by atoms with E-state index in [2.05, 4.69) is 11.7 Å². The van der Waals surface area contributed by atoms with Crippen molar-refractivity contribution in [3.8, 4) is 0 Å². The average Bonchev–Trinajstić information content (AvgIpc) is 2.49. The van der Waals surface area contributed by atoms with E-state index in [9.17, 15) is 9.59 Å². The SMILES string of the molecule is CCCCCCCC(=O)OC(C)OC=O.c1ccccc1. The summed E-state index contributed by atoms with van der Waals surface area (Å²) in [6.45, 7) is 3.94. The number of unbranched alkanes of at least 4 members (excludes halogenated alkanes) is 4. The predicted molar refractivity (Wildman–Crippen MR) is 82.5 cm³/mol. The Bertz CT molecular complexity index is 324. The van der Waals surface area contributed by atoms with E-state index in [1.165, 1.54) is 19.8 Å². The quantitative estimate of drug-likeness (QED) is 0.298. The molecule has 4 nitrogen and oxygen atoms in total. The highest BCUT2D eigenvalue weighted by Gasteiger charge is 2.08. The normalized spacial score (nSPS) is 10.8. The minimum Gasteiger partial charge on any atom is -0.428 e. The Hall–Kier alpha value is -1.84. The van der Waals surface area contributed by atoms with E-state index in [4.69, 9.17) is 4.74 Å². The summed E-state index contributed by atoms with van der Waals surface area (Å²) >= 11 is 0. The van der Waals surface area contributed by atoms with Crippen molar-refractivity contribution in [2.24, 2.45) is 0 Å². The molecule has 0 amide bonds. The molecule has 0 saturated heterocycles. The number of carbonyl (C=O) groups excluding carboxylic acids is 2. The van der Waals surface area contributed by atoms with Crippen LogP contribution in [-0.2, 0) is 19.1 Å². The first-order valence-electron chi connectivity index (χ1n) is 7.49. The molecule has 0 bridgehead atoms. The van der Waals surface area contributed by atoms with Crippen LogP contribution in [0.3, 0.4) is 0 Å². The molecule has 21 heavy (non-hydrogen) atoms. The maximum Gasteiger partial charge on any atom is 0.308 e. The number of rotatable bonds is 9. The molecule has 0 fully saturated rings. The summed E-state index contributed by atoms with van der Waals surface area (Å²) in [7, 11) is 0. The standard InChI is InChI=1S/C11H20O4.C6H6/c1-3-4-5-6-7-8-11(13)15-10(2)14-9-12;1-2-4-6-5-3-1/h9-10H,3-8H2,1-2H3;1-6H. The second-order valence-electron chi connectivity index (χ2n) is 4.61. The van der Waals surface area contributed by atoms with Gasteiger partial charge in [0.05, 0.1) is 0 Å². The lowest BCUT2D eigenvalue weighted by molar-refractivity contribution is -0.176. The van der Waals surface area contributed by atoms with E-state index in [0.717, 1.165) is 19.3 Å². The van der Waals surface area contributed by atoms with Crippen molar-refractivity contribution in [3.05, 3.63) is 36.4 Å². The summed E-state index contributed by atoms with van der Waals surface area (Å²) in [5, 5.41) is 0. The van der Waals surface area contributed by atoms with E-state index in [1.54, 1.807) is 0 Å². The number of ether oxygens (including phenoxy) is 2. The van der Waals surface area contributed by atoms with Crippen molar-refractivity contribution in [1.82, 2.24) is 0 Å². The van der Waals surface area contributed by atoms with Gasteiger partial charge in [-0.25, -0.2) is 0 Å². The molecule has 0 N–H and O–H groups in total. The zero-order chi connectivity index (χ0) is 15.8. The van der Waals surface area contributed by atoms with Gasteiger partial charge in [-0.3, -0.25) is 9.59 Å². The Balaban J connectivity index is 0.000000547. The lowest BCUT2D eigenvalue weighted by atomic mass is 10.1. The van der Waals surface area contributed by atoms with Gasteiger partial charge in [-0.1, -0.05) is 69.0 Å². The Kier molecular flexibility index (Phi) is 13.3. The Morgan fingerprint density at radius 3 is 2.00 bits per heavy atom. The molecule has 0 radical (unpaired) electrons. The van der Waals surface area contributed by atoms with Crippen molar-refractivity contribution >= 4 is 12.4 Å². The number of hydrogen-bond donors (Lipinski definition) is 0. The summed E-state index contributed by atoms with van der Waals surface area (Å²) < 4.78 is 9.24. The smallest absolute Gasteiger partial charge is 0.308 e. The van der Waals surface area contributed by atoms with Gasteiger partial charge in [0, 0.05) is 13.3 Å². The van der Waals surface area contributed by atoms with E-state index in [-0.39, 0.29) is 12.4 Å². The van der Waals surface area contributed by atoms with Crippen molar-refractivity contribution in [3.63, 3.8) is 0 Å². The fourth-order valence-corrected chi connectivity index (χ4v) is 1.61. The molecular weight excluding hydrogens is 268 g/mol. The zero-order valence-electron chi connectivity index (χ0n) is 13.0. The first-order valence-corrected chi connectivity index (χ1v) is 7.49. The van der Waals surface area contributed by atoms with Crippen LogP contribution in [0, 0.1) is 0 Å². The van der Waals surface area contributed by atoms with Gasteiger partial charge >= 0.3 is 5.97 Å². The molecule has 0 aromatic heterocycles. The lowest BCUT2D eigenvalue weighted by Crippen LogP contribution is -2.17. The van der Waals surface area contributed by atoms with Crippen LogP contribution in [0.25, 0.3) is 0 Å². The minimum atomic E-state index is -0.773. The summed E-state index contributed by atoms with van der Waals surface area (Å²) in [5.74, 6) is -0.305. The van der Waals surface area contributed by atoms with Crippen LogP contribution >= 0.6 is 0 Å². The van der Waals surface area contributed by atoms with E-state index in [1.807, 2.05) is 36.4 Å². The third kappa shape index (κ3) is 14.4. The van der Waals surface area contributed by atoms with Crippen LogP contribution in [-0.4, -0.2) is 18.7 Å². The number of benzene rings is 1. The van der Waals surface area contributed by atoms with Gasteiger partial charge in [0.1, 0.15) is 0 Å². The first kappa shape index (κ1) is 19.2. The van der Waals surface area contributed by atoms with Crippen LogP contribution in [0.1, 0.15) is 52.4 Å². The largest absolute Gasteiger partial charge is 0.428 e. The molecule has 1 atom stereocenters. The zero-order valence-corrected chi connectivity index (χ0v) is 13.0. The summed E-state index contributed by atoms with van der Waals surface area (Å²) in [6.07, 6.45) is 5.07. The molecule has 0 saturated carbocycles. The maximum atomic E-state index is 11.1. The maximum absolute atomic E-state index is 11.1.